The zero-order valence-electron chi connectivity index (χ0n) is 21.3. The number of nitrogens with one attached hydrogen (secondary N) is 2. The highest BCUT2D eigenvalue weighted by atomic mass is 32.1. The van der Waals surface area contributed by atoms with Gasteiger partial charge in [0.2, 0.25) is 11.7 Å². The van der Waals surface area contributed by atoms with E-state index in [4.69, 9.17) is 5.26 Å². The Morgan fingerprint density at radius 2 is 1.90 bits per heavy atom. The molecular formula is C26H26F3N5O4S2. The maximum Gasteiger partial charge on any atom is 0.389 e. The van der Waals surface area contributed by atoms with Crippen molar-refractivity contribution in [3.63, 3.8) is 0 Å². The molecule has 0 aliphatic rings. The lowest BCUT2D eigenvalue weighted by Crippen LogP contribution is -2.51. The molecule has 0 spiro atoms. The summed E-state index contributed by atoms with van der Waals surface area (Å²) in [5, 5.41) is 26.0. The van der Waals surface area contributed by atoms with Gasteiger partial charge in [0, 0.05) is 23.6 Å². The predicted molar refractivity (Wildman–Crippen MR) is 143 cm³/mol. The molecule has 0 bridgehead atoms. The summed E-state index contributed by atoms with van der Waals surface area (Å²) in [5.74, 6) is -2.04. The van der Waals surface area contributed by atoms with E-state index in [1.165, 1.54) is 24.7 Å². The number of nitriles is 1. The van der Waals surface area contributed by atoms with Crippen molar-refractivity contribution in [1.82, 2.24) is 20.6 Å². The third-order valence-electron chi connectivity index (χ3n) is 5.69. The van der Waals surface area contributed by atoms with E-state index in [0.29, 0.717) is 16.1 Å². The molecule has 9 nitrogen and oxygen atoms in total. The fourth-order valence-corrected chi connectivity index (χ4v) is 5.13. The topological polar surface area (TPSA) is 145 Å². The van der Waals surface area contributed by atoms with E-state index in [2.05, 4.69) is 20.6 Å². The van der Waals surface area contributed by atoms with Gasteiger partial charge in [0.1, 0.15) is 15.9 Å². The Morgan fingerprint density at radius 3 is 2.55 bits per heavy atom. The van der Waals surface area contributed by atoms with E-state index in [9.17, 15) is 32.7 Å². The minimum Gasteiger partial charge on any atom is -0.393 e. The third-order valence-corrected chi connectivity index (χ3v) is 7.52. The second-order valence-corrected chi connectivity index (χ2v) is 10.9. The molecule has 1 unspecified atom stereocenters. The number of halogens is 3. The average Bonchev–Trinajstić information content (AvgIpc) is 3.62. The number of alkyl halides is 3. The molecule has 3 aromatic rings. The average molecular weight is 594 g/mol. The molecule has 3 atom stereocenters. The molecule has 1 aromatic carbocycles. The molecule has 212 valence electrons. The molecule has 0 radical (unpaired) electrons. The molecule has 2 amide bonds. The number of hydrogen-bond donors (Lipinski definition) is 3. The molecule has 3 rings (SSSR count). The summed E-state index contributed by atoms with van der Waals surface area (Å²) in [7, 11) is 0. The lowest BCUT2D eigenvalue weighted by molar-refractivity contribution is -0.135. The van der Waals surface area contributed by atoms with Gasteiger partial charge in [-0.3, -0.25) is 14.4 Å². The number of benzene rings is 1. The van der Waals surface area contributed by atoms with E-state index in [1.54, 1.807) is 24.3 Å². The number of nitrogens with zero attached hydrogens (tertiary/aromatic N) is 3. The van der Waals surface area contributed by atoms with Crippen LogP contribution in [0.3, 0.4) is 0 Å². The van der Waals surface area contributed by atoms with Gasteiger partial charge in [-0.15, -0.1) is 22.7 Å². The van der Waals surface area contributed by atoms with Crippen LogP contribution < -0.4 is 10.6 Å². The first-order valence-corrected chi connectivity index (χ1v) is 13.9. The van der Waals surface area contributed by atoms with Gasteiger partial charge in [-0.25, -0.2) is 9.97 Å². The number of Topliss-reactive ketones (excluding diaryl/α,β-unsaturated/α-hetero) is 1. The summed E-state index contributed by atoms with van der Waals surface area (Å²) in [4.78, 5) is 47.5. The summed E-state index contributed by atoms with van der Waals surface area (Å²) in [5.41, 5.74) is 1.06. The first kappa shape index (κ1) is 30.9. The molecule has 0 aliphatic carbocycles. The van der Waals surface area contributed by atoms with Crippen LogP contribution in [0.2, 0.25) is 0 Å². The van der Waals surface area contributed by atoms with E-state index >= 15 is 0 Å². The smallest absolute Gasteiger partial charge is 0.389 e. The molecule has 2 heterocycles. The van der Waals surface area contributed by atoms with E-state index in [1.807, 2.05) is 6.07 Å². The van der Waals surface area contributed by atoms with Crippen LogP contribution in [0.4, 0.5) is 13.2 Å². The monoisotopic (exact) mass is 593 g/mol. The minimum atomic E-state index is -4.42. The van der Waals surface area contributed by atoms with Crippen LogP contribution in [0.1, 0.15) is 64.1 Å². The maximum absolute atomic E-state index is 13.2. The number of aliphatic hydroxyl groups excluding tert-OH is 1. The number of carbonyl (C=O) groups excluding carboxylic acids is 3. The molecule has 0 aliphatic heterocycles. The third kappa shape index (κ3) is 9.22. The number of carbonyl (C=O) groups is 3. The number of rotatable bonds is 13. The molecule has 40 heavy (non-hydrogen) atoms. The van der Waals surface area contributed by atoms with Crippen molar-refractivity contribution in [3.05, 3.63) is 57.5 Å². The zero-order chi connectivity index (χ0) is 29.3. The van der Waals surface area contributed by atoms with Gasteiger partial charge >= 0.3 is 6.18 Å². The van der Waals surface area contributed by atoms with Crippen molar-refractivity contribution in [2.45, 2.75) is 63.4 Å². The number of aromatic nitrogens is 2. The Labute approximate surface area is 236 Å². The van der Waals surface area contributed by atoms with Gasteiger partial charge in [0.25, 0.3) is 5.91 Å². The maximum atomic E-state index is 13.2. The number of thiazole rings is 2. The normalized spacial score (nSPS) is 13.6. The van der Waals surface area contributed by atoms with Gasteiger partial charge < -0.3 is 15.7 Å². The van der Waals surface area contributed by atoms with Crippen LogP contribution in [0.5, 0.6) is 0 Å². The molecule has 0 fully saturated rings. The number of ketones is 1. The fourth-order valence-electron chi connectivity index (χ4n) is 3.68. The summed E-state index contributed by atoms with van der Waals surface area (Å²) in [6, 6.07) is 6.23. The highest BCUT2D eigenvalue weighted by molar-refractivity contribution is 7.16. The van der Waals surface area contributed by atoms with Gasteiger partial charge in [-0.05, 0) is 44.7 Å². The largest absolute Gasteiger partial charge is 0.393 e. The number of aliphatic hydroxyl groups is 1. The predicted octanol–water partition coefficient (Wildman–Crippen LogP) is 4.50. The molecule has 0 saturated carbocycles. The van der Waals surface area contributed by atoms with Crippen LogP contribution in [0.15, 0.2) is 42.0 Å². The Kier molecular flexibility index (Phi) is 10.9. The SMILES string of the molecule is CC(O)CC[C@H](NC(=O)c1cnc(-c2cccc(C#N)c2)s1)C(=O)N[C@@H](CCCC(F)(F)F)C(=O)c1nccs1. The van der Waals surface area contributed by atoms with E-state index in [0.717, 1.165) is 22.7 Å². The van der Waals surface area contributed by atoms with Crippen molar-refractivity contribution in [1.29, 1.82) is 5.26 Å². The second-order valence-electron chi connectivity index (χ2n) is 8.94. The molecule has 0 saturated heterocycles. The standard InChI is InChI=1S/C26H26F3N5O4S2/c1-15(35)7-8-19(34-23(38)20-14-32-24(40-20)17-5-2-4-16(12-17)13-30)22(37)33-18(6-3-9-26(27,28)29)21(36)25-31-10-11-39-25/h2,4-5,10-12,14-15,18-19,35H,3,6-9H2,1H3,(H,33,37)(H,34,38)/t15?,18-,19-/m0/s1. The quantitative estimate of drug-likeness (QED) is 0.248. The minimum absolute atomic E-state index is 0.00578. The van der Waals surface area contributed by atoms with Crippen LogP contribution in [-0.4, -0.2) is 57.0 Å². The van der Waals surface area contributed by atoms with E-state index < -0.39 is 54.8 Å². The van der Waals surface area contributed by atoms with Gasteiger partial charge in [0.05, 0.1) is 30.0 Å². The van der Waals surface area contributed by atoms with Gasteiger partial charge in [0.15, 0.2) is 5.01 Å². The van der Waals surface area contributed by atoms with Gasteiger partial charge in [-0.1, -0.05) is 12.1 Å². The summed E-state index contributed by atoms with van der Waals surface area (Å²) in [6.07, 6.45) is -4.18. The van der Waals surface area contributed by atoms with Crippen molar-refractivity contribution in [2.75, 3.05) is 0 Å². The van der Waals surface area contributed by atoms with Crippen molar-refractivity contribution >= 4 is 40.3 Å². The second kappa shape index (κ2) is 14.1. The first-order chi connectivity index (χ1) is 19.0. The van der Waals surface area contributed by atoms with Crippen molar-refractivity contribution < 1.29 is 32.7 Å². The zero-order valence-corrected chi connectivity index (χ0v) is 22.9. The lowest BCUT2D eigenvalue weighted by Gasteiger charge is -2.23. The molecule has 14 heteroatoms. The number of amides is 2. The molecular weight excluding hydrogens is 567 g/mol. The Hall–Kier alpha value is -3.67. The van der Waals surface area contributed by atoms with Crippen LogP contribution in [-0.2, 0) is 4.79 Å². The van der Waals surface area contributed by atoms with E-state index in [-0.39, 0.29) is 29.1 Å². The Balaban J connectivity index is 1.76. The fraction of sp³-hybridized carbons (Fsp3) is 0.385. The van der Waals surface area contributed by atoms with Crippen molar-refractivity contribution in [3.8, 4) is 16.6 Å². The Bertz CT molecular complexity index is 1350. The van der Waals surface area contributed by atoms with Crippen LogP contribution in [0.25, 0.3) is 10.6 Å². The summed E-state index contributed by atoms with van der Waals surface area (Å²) < 4.78 is 38.2. The highest BCUT2D eigenvalue weighted by Gasteiger charge is 2.31. The first-order valence-electron chi connectivity index (χ1n) is 12.2. The van der Waals surface area contributed by atoms with Crippen LogP contribution in [0, 0.1) is 11.3 Å². The summed E-state index contributed by atoms with van der Waals surface area (Å²) in [6.45, 7) is 1.51. The molecule has 3 N–H and O–H groups in total. The summed E-state index contributed by atoms with van der Waals surface area (Å²) >= 11 is 2.04. The Morgan fingerprint density at radius 1 is 1.12 bits per heavy atom. The van der Waals surface area contributed by atoms with Crippen molar-refractivity contribution in [2.24, 2.45) is 0 Å². The lowest BCUT2D eigenvalue weighted by atomic mass is 10.0. The molecule has 2 aromatic heterocycles. The highest BCUT2D eigenvalue weighted by Crippen LogP contribution is 2.26. The van der Waals surface area contributed by atoms with Gasteiger partial charge in [-0.2, -0.15) is 18.4 Å². The van der Waals surface area contributed by atoms with Crippen LogP contribution >= 0.6 is 22.7 Å². The number of hydrogen-bond acceptors (Lipinski definition) is 9.